The molecule has 1 heterocycles. The predicted molar refractivity (Wildman–Crippen MR) is 135 cm³/mol. The van der Waals surface area contributed by atoms with E-state index in [2.05, 4.69) is 0 Å². The van der Waals surface area contributed by atoms with Crippen molar-refractivity contribution < 1.29 is 26.7 Å². The summed E-state index contributed by atoms with van der Waals surface area (Å²) in [6.45, 7) is 0. The van der Waals surface area contributed by atoms with Gasteiger partial charge in [-0.05, 0) is 65.7 Å². The maximum atomic E-state index is 13.7. The van der Waals surface area contributed by atoms with Gasteiger partial charge in [0.25, 0.3) is 20.0 Å². The molecule has 1 N–H and O–H groups in total. The summed E-state index contributed by atoms with van der Waals surface area (Å²) in [6.07, 6.45) is 0.677. The van der Waals surface area contributed by atoms with Gasteiger partial charge >= 0.3 is 5.97 Å². The molecule has 0 saturated heterocycles. The lowest BCUT2D eigenvalue weighted by molar-refractivity contribution is 0.0696. The SMILES string of the molecule is O=C(O)c1cccc(CCc2ccccc2N(S(=O)(=O)c2ccccc2)S(=O)(=O)c2cccs2)c1. The van der Waals surface area contributed by atoms with E-state index in [4.69, 9.17) is 0 Å². The number of aryl methyl sites for hydroxylation is 2. The fourth-order valence-corrected chi connectivity index (χ4v) is 8.59. The van der Waals surface area contributed by atoms with Crippen LogP contribution in [0.15, 0.2) is 105 Å². The Balaban J connectivity index is 1.81. The number of carboxylic acid groups (broad SMARTS) is 1. The number of carbonyl (C=O) groups is 1. The summed E-state index contributed by atoms with van der Waals surface area (Å²) in [6, 6.07) is 23.2. The Morgan fingerprint density at radius 3 is 2.17 bits per heavy atom. The van der Waals surface area contributed by atoms with Crippen LogP contribution in [0, 0.1) is 0 Å². The van der Waals surface area contributed by atoms with Crippen molar-refractivity contribution in [1.82, 2.24) is 0 Å². The number of benzene rings is 3. The van der Waals surface area contributed by atoms with Gasteiger partial charge in [0.15, 0.2) is 0 Å². The molecule has 7 nitrogen and oxygen atoms in total. The van der Waals surface area contributed by atoms with Gasteiger partial charge in [-0.1, -0.05) is 54.6 Å². The largest absolute Gasteiger partial charge is 0.478 e. The maximum absolute atomic E-state index is 13.7. The highest BCUT2D eigenvalue weighted by Gasteiger charge is 2.38. The first-order chi connectivity index (χ1) is 16.7. The second-order valence-corrected chi connectivity index (χ2v) is 12.6. The first-order valence-corrected chi connectivity index (χ1v) is 14.3. The molecule has 0 unspecified atom stereocenters. The summed E-state index contributed by atoms with van der Waals surface area (Å²) in [5.41, 5.74) is 1.40. The Hall–Kier alpha value is -3.47. The van der Waals surface area contributed by atoms with Crippen molar-refractivity contribution in [2.45, 2.75) is 21.9 Å². The number of sulfonamides is 2. The zero-order valence-corrected chi connectivity index (χ0v) is 20.8. The number of carboxylic acids is 1. The molecule has 0 saturated carbocycles. The molecule has 0 aliphatic carbocycles. The number of thiophene rings is 1. The highest BCUT2D eigenvalue weighted by atomic mass is 32.3. The Morgan fingerprint density at radius 2 is 1.49 bits per heavy atom. The molecule has 0 atom stereocenters. The van der Waals surface area contributed by atoms with Crippen molar-refractivity contribution in [1.29, 1.82) is 0 Å². The van der Waals surface area contributed by atoms with Crippen molar-refractivity contribution in [3.8, 4) is 0 Å². The van der Waals surface area contributed by atoms with Gasteiger partial charge < -0.3 is 5.11 Å². The van der Waals surface area contributed by atoms with Gasteiger partial charge in [-0.25, -0.2) is 13.2 Å². The van der Waals surface area contributed by atoms with E-state index in [-0.39, 0.29) is 20.4 Å². The lowest BCUT2D eigenvalue weighted by atomic mass is 10.0. The zero-order chi connectivity index (χ0) is 25.1. The van der Waals surface area contributed by atoms with Gasteiger partial charge in [0.1, 0.15) is 4.21 Å². The summed E-state index contributed by atoms with van der Waals surface area (Å²) in [5, 5.41) is 10.8. The molecule has 3 aromatic carbocycles. The molecular formula is C25H21NO6S3. The number of para-hydroxylation sites is 1. The number of aromatic carboxylic acids is 1. The monoisotopic (exact) mass is 527 g/mol. The molecule has 180 valence electrons. The molecule has 0 aliphatic heterocycles. The van der Waals surface area contributed by atoms with Crippen LogP contribution in [0.1, 0.15) is 21.5 Å². The van der Waals surface area contributed by atoms with Crippen LogP contribution < -0.4 is 3.71 Å². The van der Waals surface area contributed by atoms with Crippen LogP contribution in [-0.4, -0.2) is 27.9 Å². The summed E-state index contributed by atoms with van der Waals surface area (Å²) >= 11 is 0.935. The number of rotatable bonds is 9. The normalized spacial score (nSPS) is 11.8. The average molecular weight is 528 g/mol. The zero-order valence-electron chi connectivity index (χ0n) is 18.3. The van der Waals surface area contributed by atoms with Crippen LogP contribution in [0.4, 0.5) is 5.69 Å². The fraction of sp³-hybridized carbons (Fsp3) is 0.0800. The van der Waals surface area contributed by atoms with Crippen LogP contribution in [-0.2, 0) is 32.9 Å². The summed E-state index contributed by atoms with van der Waals surface area (Å²) in [5.74, 6) is -1.05. The van der Waals surface area contributed by atoms with Gasteiger partial charge in [0.05, 0.1) is 16.1 Å². The minimum absolute atomic E-state index is 0.0270. The van der Waals surface area contributed by atoms with Gasteiger partial charge in [-0.2, -0.15) is 12.1 Å². The maximum Gasteiger partial charge on any atom is 0.335 e. The van der Waals surface area contributed by atoms with Gasteiger partial charge in [0.2, 0.25) is 0 Å². The third-order valence-corrected chi connectivity index (χ3v) is 10.8. The van der Waals surface area contributed by atoms with Crippen molar-refractivity contribution in [3.05, 3.63) is 113 Å². The molecule has 4 aromatic rings. The van der Waals surface area contributed by atoms with E-state index in [0.29, 0.717) is 22.1 Å². The first-order valence-electron chi connectivity index (χ1n) is 10.5. The van der Waals surface area contributed by atoms with Gasteiger partial charge in [-0.3, -0.25) is 0 Å². The molecule has 0 bridgehead atoms. The lowest BCUT2D eigenvalue weighted by Crippen LogP contribution is -2.37. The second kappa shape index (κ2) is 10.0. The predicted octanol–water partition coefficient (Wildman–Crippen LogP) is 4.82. The molecule has 1 aromatic heterocycles. The minimum atomic E-state index is -4.49. The highest BCUT2D eigenvalue weighted by molar-refractivity contribution is 8.11. The van der Waals surface area contributed by atoms with E-state index in [0.717, 1.165) is 16.9 Å². The van der Waals surface area contributed by atoms with Crippen molar-refractivity contribution in [2.24, 2.45) is 0 Å². The fourth-order valence-electron chi connectivity index (χ4n) is 3.61. The number of hydrogen-bond donors (Lipinski definition) is 1. The molecule has 4 rings (SSSR count). The summed E-state index contributed by atoms with van der Waals surface area (Å²) in [4.78, 5) is 11.2. The third kappa shape index (κ3) is 5.14. The Kier molecular flexibility index (Phi) is 7.06. The lowest BCUT2D eigenvalue weighted by Gasteiger charge is -2.25. The smallest absolute Gasteiger partial charge is 0.335 e. The molecule has 0 amide bonds. The number of hydrogen-bond acceptors (Lipinski definition) is 6. The molecule has 0 spiro atoms. The quantitative estimate of drug-likeness (QED) is 0.334. The summed E-state index contributed by atoms with van der Waals surface area (Å²) in [7, 11) is -8.94. The van der Waals surface area contributed by atoms with Crippen molar-refractivity contribution in [2.75, 3.05) is 3.71 Å². The second-order valence-electron chi connectivity index (χ2n) is 7.59. The number of anilines is 1. The van der Waals surface area contributed by atoms with Crippen LogP contribution in [0.2, 0.25) is 0 Å². The third-order valence-electron chi connectivity index (χ3n) is 5.27. The molecule has 35 heavy (non-hydrogen) atoms. The van der Waals surface area contributed by atoms with E-state index >= 15 is 0 Å². The van der Waals surface area contributed by atoms with Crippen LogP contribution in [0.5, 0.6) is 0 Å². The first kappa shape index (κ1) is 24.6. The minimum Gasteiger partial charge on any atom is -0.478 e. The van der Waals surface area contributed by atoms with E-state index < -0.39 is 26.0 Å². The molecule has 0 aliphatic rings. The summed E-state index contributed by atoms with van der Waals surface area (Å²) < 4.78 is 55.1. The Bertz CT molecular complexity index is 1550. The van der Waals surface area contributed by atoms with E-state index in [1.807, 2.05) is 0 Å². The topological polar surface area (TPSA) is 109 Å². The Morgan fingerprint density at radius 1 is 0.771 bits per heavy atom. The van der Waals surface area contributed by atoms with Crippen LogP contribution in [0.3, 0.4) is 0 Å². The Labute approximate surface area is 208 Å². The van der Waals surface area contributed by atoms with Crippen LogP contribution >= 0.6 is 11.3 Å². The van der Waals surface area contributed by atoms with Gasteiger partial charge in [-0.15, -0.1) is 11.3 Å². The van der Waals surface area contributed by atoms with Gasteiger partial charge in [0, 0.05) is 0 Å². The number of nitrogens with zero attached hydrogens (tertiary/aromatic N) is 1. The van der Waals surface area contributed by atoms with Crippen molar-refractivity contribution in [3.63, 3.8) is 0 Å². The van der Waals surface area contributed by atoms with Crippen molar-refractivity contribution >= 4 is 43.0 Å². The molecule has 0 fully saturated rings. The van der Waals surface area contributed by atoms with E-state index in [1.54, 1.807) is 53.9 Å². The highest BCUT2D eigenvalue weighted by Crippen LogP contribution is 2.35. The van der Waals surface area contributed by atoms with Crippen LogP contribution in [0.25, 0.3) is 0 Å². The standard InChI is InChI=1S/C25H21NO6S3/c27-25(28)21-10-6-8-19(18-21)15-16-20-9-4-5-13-23(20)26(35(31,32)24-14-7-17-33-24)34(29,30)22-11-2-1-3-12-22/h1-14,17-18H,15-16H2,(H,27,28). The molecule has 10 heteroatoms. The molecular weight excluding hydrogens is 506 g/mol. The van der Waals surface area contributed by atoms with E-state index in [9.17, 15) is 26.7 Å². The average Bonchev–Trinajstić information content (AvgIpc) is 3.40. The molecule has 0 radical (unpaired) electrons. The van der Waals surface area contributed by atoms with E-state index in [1.165, 1.54) is 42.5 Å².